The molecule has 4 N–H and O–H groups in total. The highest BCUT2D eigenvalue weighted by atomic mass is 14.9. The number of aromatic amines is 4. The van der Waals surface area contributed by atoms with Gasteiger partial charge in [-0.05, 0) is 111 Å². The van der Waals surface area contributed by atoms with Crippen molar-refractivity contribution in [1.82, 2.24) is 19.9 Å². The average Bonchev–Trinajstić information content (AvgIpc) is 3.90. The van der Waals surface area contributed by atoms with E-state index in [4.69, 9.17) is 0 Å². The summed E-state index contributed by atoms with van der Waals surface area (Å²) in [7, 11) is 0. The second-order valence-corrected chi connectivity index (χ2v) is 15.2. The van der Waals surface area contributed by atoms with E-state index in [1.807, 2.05) is 0 Å². The summed E-state index contributed by atoms with van der Waals surface area (Å²) in [6.07, 6.45) is 17.0. The molecule has 4 nitrogen and oxygen atoms in total. The molecule has 4 aromatic heterocycles. The molecular weight excluding hydrogens is 536 g/mol. The van der Waals surface area contributed by atoms with Gasteiger partial charge < -0.3 is 19.9 Å². The van der Waals surface area contributed by atoms with Crippen LogP contribution < -0.4 is 0 Å². The molecule has 1 aromatic carbocycles. The Bertz CT molecular complexity index is 1720. The van der Waals surface area contributed by atoms with Crippen LogP contribution in [0.25, 0.3) is 0 Å². The summed E-state index contributed by atoms with van der Waals surface area (Å²) in [6.45, 7) is 0. The molecule has 0 amide bonds. The summed E-state index contributed by atoms with van der Waals surface area (Å²) in [5, 5.41) is 0. The summed E-state index contributed by atoms with van der Waals surface area (Å²) in [5.74, 6) is 0. The topological polar surface area (TPSA) is 63.2 Å². The van der Waals surface area contributed by atoms with Crippen LogP contribution in [0.15, 0.2) is 72.8 Å². The molecule has 44 heavy (non-hydrogen) atoms. The first-order valence-electron chi connectivity index (χ1n) is 17.5. The molecule has 4 heteroatoms. The third-order valence-corrected chi connectivity index (χ3v) is 13.3. The number of fused-ring (bicyclic) bond motifs is 17. The normalized spacial score (nSPS) is 23.4. The maximum Gasteiger partial charge on any atom is 0.0584 e. The number of aromatic nitrogens is 4. The van der Waals surface area contributed by atoms with Crippen molar-refractivity contribution < 1.29 is 0 Å². The minimum Gasteiger partial charge on any atom is -0.361 e. The smallest absolute Gasteiger partial charge is 0.0584 e. The van der Waals surface area contributed by atoms with E-state index in [0.717, 1.165) is 12.8 Å². The quantitative estimate of drug-likeness (QED) is 0.141. The van der Waals surface area contributed by atoms with Gasteiger partial charge in [0.2, 0.25) is 0 Å². The first-order valence-corrected chi connectivity index (χ1v) is 17.5. The largest absolute Gasteiger partial charge is 0.361 e. The number of nitrogens with one attached hydrogen (secondary N) is 4. The highest BCUT2D eigenvalue weighted by Crippen LogP contribution is 2.53. The molecule has 224 valence electrons. The minimum absolute atomic E-state index is 0.0235. The van der Waals surface area contributed by atoms with Crippen molar-refractivity contribution in [1.29, 1.82) is 0 Å². The van der Waals surface area contributed by atoms with E-state index in [0.29, 0.717) is 0 Å². The summed E-state index contributed by atoms with van der Waals surface area (Å²) < 4.78 is 0. The molecule has 5 aliphatic rings. The molecule has 0 unspecified atom stereocenters. The Morgan fingerprint density at radius 2 is 0.568 bits per heavy atom. The first kappa shape index (κ1) is 25.6. The zero-order chi connectivity index (χ0) is 29.0. The third kappa shape index (κ3) is 3.25. The lowest BCUT2D eigenvalue weighted by Gasteiger charge is -2.33. The number of hydrogen-bond acceptors (Lipinski definition) is 0. The van der Waals surface area contributed by atoms with Crippen LogP contribution in [-0.4, -0.2) is 19.9 Å². The first-order chi connectivity index (χ1) is 21.6. The average molecular weight is 581 g/mol. The van der Waals surface area contributed by atoms with Gasteiger partial charge in [-0.15, -0.1) is 0 Å². The molecule has 8 bridgehead atoms. The Kier molecular flexibility index (Phi) is 5.22. The minimum atomic E-state index is -0.119. The zero-order valence-corrected chi connectivity index (χ0v) is 25.8. The van der Waals surface area contributed by atoms with Gasteiger partial charge in [-0.25, -0.2) is 0 Å². The number of rotatable bonds is 0. The second kappa shape index (κ2) is 8.96. The Hall–Kier alpha value is -3.66. The lowest BCUT2D eigenvalue weighted by molar-refractivity contribution is 0.463. The molecule has 3 fully saturated rings. The summed E-state index contributed by atoms with van der Waals surface area (Å²) >= 11 is 0. The monoisotopic (exact) mass is 580 g/mol. The van der Waals surface area contributed by atoms with E-state index in [1.54, 1.807) is 0 Å². The van der Waals surface area contributed by atoms with Crippen molar-refractivity contribution >= 4 is 0 Å². The lowest BCUT2D eigenvalue weighted by atomic mass is 9.78. The van der Waals surface area contributed by atoms with Gasteiger partial charge in [-0.2, -0.15) is 0 Å². The van der Waals surface area contributed by atoms with Crippen LogP contribution in [0.1, 0.15) is 134 Å². The molecule has 10 rings (SSSR count). The lowest BCUT2D eigenvalue weighted by Crippen LogP contribution is -2.32. The molecule has 0 atom stereocenters. The van der Waals surface area contributed by atoms with Gasteiger partial charge >= 0.3 is 0 Å². The van der Waals surface area contributed by atoms with Gasteiger partial charge in [0.1, 0.15) is 0 Å². The summed E-state index contributed by atoms with van der Waals surface area (Å²) in [4.78, 5) is 16.6. The standard InChI is InChI=1S/C40H44N4/c1-2-10-28-26-40(25-27(28)9-1)35-17-15-33(43-35)38(21-5-6-22-38)31-13-11-29(41-31)37(19-3-4-20-37)30-12-14-32(42-30)39(23-7-8-24-39)34-16-18-36(40)44-34/h1-2,9-18,41-44H,3-8,19-26H2. The molecule has 5 aromatic rings. The van der Waals surface area contributed by atoms with Crippen LogP contribution in [0, 0.1) is 0 Å². The van der Waals surface area contributed by atoms with Gasteiger partial charge in [0.25, 0.3) is 0 Å². The maximum atomic E-state index is 4.17. The second-order valence-electron chi connectivity index (χ2n) is 15.2. The number of H-pyrrole nitrogens is 4. The molecule has 0 radical (unpaired) electrons. The molecule has 4 aliphatic carbocycles. The fraction of sp³-hybridized carbons (Fsp3) is 0.450. The Balaban J connectivity index is 1.23. The van der Waals surface area contributed by atoms with Crippen molar-refractivity contribution in [3.63, 3.8) is 0 Å². The molecule has 5 heterocycles. The van der Waals surface area contributed by atoms with Crippen molar-refractivity contribution in [2.24, 2.45) is 0 Å². The van der Waals surface area contributed by atoms with Gasteiger partial charge in [0, 0.05) is 45.6 Å². The molecule has 0 saturated heterocycles. The van der Waals surface area contributed by atoms with Gasteiger partial charge in [-0.3, -0.25) is 0 Å². The molecular formula is C40H44N4. The van der Waals surface area contributed by atoms with Crippen molar-refractivity contribution in [2.45, 2.75) is 112 Å². The van der Waals surface area contributed by atoms with Crippen LogP contribution in [0.3, 0.4) is 0 Å². The van der Waals surface area contributed by atoms with E-state index < -0.39 is 0 Å². The SMILES string of the molecule is c1ccc2c(c1)CC1(C2)c2ccc([nH]2)C2(CCCC2)c2ccc([nH]2)C2(CCCC2)c2ccc([nH]2)C2(CCCC2)c2ccc1[nH]2. The Labute approximate surface area is 260 Å². The maximum absolute atomic E-state index is 4.17. The number of hydrogen-bond donors (Lipinski definition) is 4. The zero-order valence-electron chi connectivity index (χ0n) is 25.8. The third-order valence-electron chi connectivity index (χ3n) is 13.3. The van der Waals surface area contributed by atoms with Crippen LogP contribution in [0.5, 0.6) is 0 Å². The molecule has 4 spiro atoms. The van der Waals surface area contributed by atoms with Crippen LogP contribution in [-0.2, 0) is 34.5 Å². The summed E-state index contributed by atoms with van der Waals surface area (Å²) in [6, 6.07) is 28.8. The summed E-state index contributed by atoms with van der Waals surface area (Å²) in [5.41, 5.74) is 14.2. The van der Waals surface area contributed by atoms with Crippen molar-refractivity contribution in [3.05, 3.63) is 129 Å². The Morgan fingerprint density at radius 1 is 0.318 bits per heavy atom. The van der Waals surface area contributed by atoms with Gasteiger partial charge in [-0.1, -0.05) is 62.8 Å². The van der Waals surface area contributed by atoms with E-state index in [-0.39, 0.29) is 21.7 Å². The Morgan fingerprint density at radius 3 is 0.841 bits per heavy atom. The van der Waals surface area contributed by atoms with E-state index in [9.17, 15) is 0 Å². The van der Waals surface area contributed by atoms with Crippen LogP contribution in [0.4, 0.5) is 0 Å². The predicted molar refractivity (Wildman–Crippen MR) is 176 cm³/mol. The highest BCUT2D eigenvalue weighted by Gasteiger charge is 2.49. The fourth-order valence-corrected chi connectivity index (χ4v) is 10.9. The van der Waals surface area contributed by atoms with Crippen molar-refractivity contribution in [3.8, 4) is 0 Å². The van der Waals surface area contributed by atoms with Gasteiger partial charge in [0.05, 0.1) is 21.7 Å². The number of benzene rings is 1. The highest BCUT2D eigenvalue weighted by molar-refractivity contribution is 5.51. The van der Waals surface area contributed by atoms with Crippen LogP contribution >= 0.6 is 0 Å². The van der Waals surface area contributed by atoms with Gasteiger partial charge in [0.15, 0.2) is 0 Å². The predicted octanol–water partition coefficient (Wildman–Crippen LogP) is 8.98. The van der Waals surface area contributed by atoms with Crippen molar-refractivity contribution in [2.75, 3.05) is 0 Å². The van der Waals surface area contributed by atoms with Crippen LogP contribution in [0.2, 0.25) is 0 Å². The van der Waals surface area contributed by atoms with E-state index >= 15 is 0 Å². The van der Waals surface area contributed by atoms with E-state index in [1.165, 1.54) is 134 Å². The fourth-order valence-electron chi connectivity index (χ4n) is 10.9. The van der Waals surface area contributed by atoms with E-state index in [2.05, 4.69) is 92.7 Å². The molecule has 3 saturated carbocycles. The molecule has 1 aliphatic heterocycles.